The molecule has 12 nitrogen and oxygen atoms in total. The molecular weight excluding hydrogens is 503 g/mol. The van der Waals surface area contributed by atoms with Gasteiger partial charge in [-0.05, 0) is 46.5 Å². The Morgan fingerprint density at radius 3 is 2.56 bits per heavy atom. The molecule has 1 atom stereocenters. The summed E-state index contributed by atoms with van der Waals surface area (Å²) in [6, 6.07) is 3.38. The van der Waals surface area contributed by atoms with E-state index >= 15 is 0 Å². The Balaban J connectivity index is 1.22. The first-order chi connectivity index (χ1) is 18.7. The number of carbonyl (C=O) groups is 1. The van der Waals surface area contributed by atoms with Crippen LogP contribution in [0.5, 0.6) is 0 Å². The Morgan fingerprint density at radius 1 is 1.15 bits per heavy atom. The minimum atomic E-state index is -0.956. The molecule has 0 radical (unpaired) electrons. The fraction of sp³-hybridized carbons (Fsp3) is 0.423. The fourth-order valence-electron chi connectivity index (χ4n) is 4.82. The van der Waals surface area contributed by atoms with Crippen molar-refractivity contribution >= 4 is 17.5 Å². The van der Waals surface area contributed by atoms with Crippen LogP contribution in [0, 0.1) is 19.7 Å². The van der Waals surface area contributed by atoms with Gasteiger partial charge >= 0.3 is 0 Å². The van der Waals surface area contributed by atoms with Crippen molar-refractivity contribution in [1.29, 1.82) is 0 Å². The van der Waals surface area contributed by atoms with Gasteiger partial charge in [0.15, 0.2) is 17.5 Å². The number of halogens is 1. The molecule has 13 heteroatoms. The molecule has 0 aliphatic heterocycles. The van der Waals surface area contributed by atoms with Crippen LogP contribution in [0.15, 0.2) is 36.9 Å². The maximum absolute atomic E-state index is 13.4. The summed E-state index contributed by atoms with van der Waals surface area (Å²) in [6.45, 7) is 5.71. The maximum atomic E-state index is 13.4. The van der Waals surface area contributed by atoms with Gasteiger partial charge in [0.25, 0.3) is 5.91 Å². The number of aryl methyl sites for hydroxylation is 2. The largest absolute Gasteiger partial charge is 0.368 e. The molecule has 0 spiro atoms. The molecule has 4 aromatic heterocycles. The number of hydrogen-bond donors (Lipinski definition) is 3. The number of carbonyl (C=O) groups excluding carboxylic acids is 1. The predicted octanol–water partition coefficient (Wildman–Crippen LogP) is 3.60. The van der Waals surface area contributed by atoms with Crippen molar-refractivity contribution in [3.63, 3.8) is 0 Å². The molecule has 1 aliphatic rings. The average molecular weight is 535 g/mol. The number of rotatable bonds is 8. The number of aromatic amines is 1. The summed E-state index contributed by atoms with van der Waals surface area (Å²) in [7, 11) is 1.57. The molecule has 1 saturated carbocycles. The van der Waals surface area contributed by atoms with Crippen molar-refractivity contribution in [1.82, 2.24) is 45.2 Å². The van der Waals surface area contributed by atoms with Gasteiger partial charge in [0, 0.05) is 36.5 Å². The number of ether oxygens (including phenoxy) is 1. The second-order valence-electron chi connectivity index (χ2n) is 9.88. The van der Waals surface area contributed by atoms with E-state index in [-0.39, 0.29) is 11.8 Å². The lowest BCUT2D eigenvalue weighted by Crippen LogP contribution is -2.51. The Morgan fingerprint density at radius 2 is 1.95 bits per heavy atom. The van der Waals surface area contributed by atoms with E-state index in [1.54, 1.807) is 13.3 Å². The van der Waals surface area contributed by atoms with Crippen molar-refractivity contribution in [3.8, 4) is 5.82 Å². The highest BCUT2D eigenvalue weighted by atomic mass is 19.1. The Labute approximate surface area is 224 Å². The van der Waals surface area contributed by atoms with Crippen molar-refractivity contribution in [2.75, 3.05) is 12.4 Å². The van der Waals surface area contributed by atoms with Crippen molar-refractivity contribution in [3.05, 3.63) is 65.6 Å². The number of H-pyrrole nitrogens is 1. The first-order valence-corrected chi connectivity index (χ1v) is 12.8. The third kappa shape index (κ3) is 5.77. The lowest BCUT2D eigenvalue weighted by molar-refractivity contribution is -0.148. The monoisotopic (exact) mass is 534 g/mol. The molecule has 0 bridgehead atoms. The van der Waals surface area contributed by atoms with Gasteiger partial charge in [0.1, 0.15) is 17.2 Å². The van der Waals surface area contributed by atoms with E-state index in [4.69, 9.17) is 9.72 Å². The third-order valence-electron chi connectivity index (χ3n) is 7.03. The van der Waals surface area contributed by atoms with Crippen LogP contribution in [-0.2, 0) is 9.53 Å². The molecule has 1 aliphatic carbocycles. The van der Waals surface area contributed by atoms with Crippen molar-refractivity contribution in [2.24, 2.45) is 0 Å². The zero-order valence-corrected chi connectivity index (χ0v) is 22.3. The lowest BCUT2D eigenvalue weighted by atomic mass is 9.77. The first kappa shape index (κ1) is 26.4. The molecule has 0 saturated heterocycles. The predicted molar refractivity (Wildman–Crippen MR) is 140 cm³/mol. The molecule has 1 amide bonds. The number of nitrogens with one attached hydrogen (secondary N) is 3. The number of anilines is 2. The third-order valence-corrected chi connectivity index (χ3v) is 7.03. The number of aromatic nitrogens is 8. The highest BCUT2D eigenvalue weighted by molar-refractivity contribution is 5.85. The fourth-order valence-corrected chi connectivity index (χ4v) is 4.82. The van der Waals surface area contributed by atoms with Gasteiger partial charge in [-0.1, -0.05) is 0 Å². The van der Waals surface area contributed by atoms with Gasteiger partial charge in [-0.15, -0.1) is 0 Å². The Bertz CT molecular complexity index is 1440. The number of amides is 1. The second kappa shape index (κ2) is 10.8. The number of methoxy groups -OCH3 is 1. The summed E-state index contributed by atoms with van der Waals surface area (Å²) in [5, 5.41) is 17.3. The van der Waals surface area contributed by atoms with Crippen LogP contribution in [-0.4, -0.2) is 58.5 Å². The topological polar surface area (TPSA) is 148 Å². The van der Waals surface area contributed by atoms with Gasteiger partial charge in [-0.3, -0.25) is 14.9 Å². The van der Waals surface area contributed by atoms with Crippen LogP contribution in [0.2, 0.25) is 0 Å². The number of nitrogens with zero attached hydrogens (tertiary/aromatic N) is 7. The Kier molecular flexibility index (Phi) is 7.33. The van der Waals surface area contributed by atoms with Crippen LogP contribution in [0.25, 0.3) is 5.82 Å². The average Bonchev–Trinajstić information content (AvgIpc) is 3.55. The van der Waals surface area contributed by atoms with Gasteiger partial charge in [-0.2, -0.15) is 10.2 Å². The van der Waals surface area contributed by atoms with Crippen LogP contribution in [0.3, 0.4) is 0 Å². The second-order valence-corrected chi connectivity index (χ2v) is 9.88. The molecule has 0 unspecified atom stereocenters. The SMILES string of the molecule is COC1(C(=O)N[C@@H](C)c2cnc(-n3cc(F)cn3)cn2)CCC(c2nc(C)cc(Nc3cc(C)[nH]n3)n2)CC1. The minimum Gasteiger partial charge on any atom is -0.368 e. The zero-order chi connectivity index (χ0) is 27.6. The van der Waals surface area contributed by atoms with E-state index in [1.807, 2.05) is 32.9 Å². The zero-order valence-electron chi connectivity index (χ0n) is 22.3. The summed E-state index contributed by atoms with van der Waals surface area (Å²) in [4.78, 5) is 31.5. The van der Waals surface area contributed by atoms with E-state index in [2.05, 4.69) is 40.9 Å². The molecule has 4 heterocycles. The van der Waals surface area contributed by atoms with E-state index < -0.39 is 17.5 Å². The lowest BCUT2D eigenvalue weighted by Gasteiger charge is -2.38. The van der Waals surface area contributed by atoms with Gasteiger partial charge in [-0.25, -0.2) is 24.0 Å². The molecule has 5 rings (SSSR count). The van der Waals surface area contributed by atoms with Crippen molar-refractivity contribution < 1.29 is 13.9 Å². The molecule has 1 fully saturated rings. The minimum absolute atomic E-state index is 0.102. The van der Waals surface area contributed by atoms with E-state index in [0.717, 1.165) is 23.4 Å². The maximum Gasteiger partial charge on any atom is 0.252 e. The smallest absolute Gasteiger partial charge is 0.252 e. The summed E-state index contributed by atoms with van der Waals surface area (Å²) in [5.74, 6) is 1.95. The molecular formula is C26H31FN10O2. The highest BCUT2D eigenvalue weighted by Crippen LogP contribution is 2.39. The quantitative estimate of drug-likeness (QED) is 0.308. The van der Waals surface area contributed by atoms with Gasteiger partial charge in [0.2, 0.25) is 0 Å². The van der Waals surface area contributed by atoms with Gasteiger partial charge in [0.05, 0.1) is 36.5 Å². The van der Waals surface area contributed by atoms with E-state index in [1.165, 1.54) is 17.1 Å². The molecule has 3 N–H and O–H groups in total. The summed E-state index contributed by atoms with van der Waals surface area (Å²) < 4.78 is 20.3. The van der Waals surface area contributed by atoms with Crippen LogP contribution in [0.4, 0.5) is 16.0 Å². The summed E-state index contributed by atoms with van der Waals surface area (Å²) in [6.07, 6.45) is 7.81. The summed E-state index contributed by atoms with van der Waals surface area (Å²) in [5.41, 5.74) is 1.42. The van der Waals surface area contributed by atoms with Crippen LogP contribution in [0.1, 0.15) is 67.5 Å². The van der Waals surface area contributed by atoms with Gasteiger partial charge < -0.3 is 15.4 Å². The first-order valence-electron chi connectivity index (χ1n) is 12.8. The van der Waals surface area contributed by atoms with E-state index in [9.17, 15) is 9.18 Å². The number of hydrogen-bond acceptors (Lipinski definition) is 9. The summed E-state index contributed by atoms with van der Waals surface area (Å²) >= 11 is 0. The van der Waals surface area contributed by atoms with E-state index in [0.29, 0.717) is 48.8 Å². The van der Waals surface area contributed by atoms with Crippen LogP contribution >= 0.6 is 0 Å². The van der Waals surface area contributed by atoms with Crippen molar-refractivity contribution in [2.45, 2.75) is 64.0 Å². The molecule has 204 valence electrons. The standard InChI is InChI=1S/C26H31FN10O2/c1-15-9-21(33-22-10-16(2)35-36-22)34-24(31-15)18-5-7-26(39-4,8-6-18)25(38)32-17(3)20-12-29-23(13-28-20)37-14-19(27)11-30-37/h9-14,17-18H,5-8H2,1-4H3,(H,32,38)(H2,31,33,34,35,36)/t17-,18?,26?/m0/s1. The molecule has 39 heavy (non-hydrogen) atoms. The molecule has 4 aromatic rings. The Hall–Kier alpha value is -4.26. The normalized spacial score (nSPS) is 20.0. The van der Waals surface area contributed by atoms with Crippen LogP contribution < -0.4 is 10.6 Å². The molecule has 0 aromatic carbocycles. The highest BCUT2D eigenvalue weighted by Gasteiger charge is 2.43.